The summed E-state index contributed by atoms with van der Waals surface area (Å²) in [7, 11) is 1.64. The Labute approximate surface area is 227 Å². The molecule has 1 aliphatic heterocycles. The van der Waals surface area contributed by atoms with Crippen molar-refractivity contribution in [2.45, 2.75) is 62.3 Å². The molecule has 1 unspecified atom stereocenters. The van der Waals surface area contributed by atoms with Crippen molar-refractivity contribution in [2.75, 3.05) is 49.2 Å². The van der Waals surface area contributed by atoms with Crippen molar-refractivity contribution in [1.29, 1.82) is 0 Å². The highest BCUT2D eigenvalue weighted by molar-refractivity contribution is 14.1. The molecular weight excluding hydrogens is 577 g/mol. The van der Waals surface area contributed by atoms with Crippen LogP contribution in [-0.2, 0) is 4.43 Å². The first-order chi connectivity index (χ1) is 17.1. The van der Waals surface area contributed by atoms with Gasteiger partial charge in [-0.1, -0.05) is 60.4 Å². The number of methoxy groups -OCH3 is 1. The van der Waals surface area contributed by atoms with Gasteiger partial charge in [0.05, 0.1) is 12.1 Å². The third-order valence-corrected chi connectivity index (χ3v) is 8.14. The quantitative estimate of drug-likeness (QED) is 0.207. The van der Waals surface area contributed by atoms with Crippen molar-refractivity contribution < 1.29 is 4.74 Å². The van der Waals surface area contributed by atoms with Crippen LogP contribution >= 0.6 is 34.2 Å². The first-order valence-electron chi connectivity index (χ1n) is 12.8. The maximum absolute atomic E-state index is 6.48. The van der Waals surface area contributed by atoms with E-state index >= 15 is 0 Å². The minimum absolute atomic E-state index is 0.494. The standard InChI is InChI=1S/C25H37ClIN7O/c1-3-34-11-7-10-20(34)16-29-24-31-23(28-15-17-8-5-4-6-9-17)32-25(33-24)30-19-12-18(14-27)22(35-2)21(26)13-19/h12-13,17,20H,3-11,14-16H2,1-2H3,(H3,28,29,30,31,32,33). The molecule has 2 aromatic rings. The second-order valence-electron chi connectivity index (χ2n) is 9.41. The zero-order chi connectivity index (χ0) is 24.6. The van der Waals surface area contributed by atoms with Crippen LogP contribution in [0, 0.1) is 5.92 Å². The average Bonchev–Trinajstić information content (AvgIpc) is 3.34. The van der Waals surface area contributed by atoms with Gasteiger partial charge in [-0.25, -0.2) is 0 Å². The van der Waals surface area contributed by atoms with Crippen LogP contribution in [0.15, 0.2) is 12.1 Å². The monoisotopic (exact) mass is 613 g/mol. The summed E-state index contributed by atoms with van der Waals surface area (Å²) in [6, 6.07) is 4.39. The fourth-order valence-electron chi connectivity index (χ4n) is 5.15. The number of aromatic nitrogens is 3. The normalized spacial score (nSPS) is 19.0. The SMILES string of the molecule is CCN1CCCC1CNc1nc(NCC2CCCCC2)nc(Nc2cc(Cl)c(OC)c(CI)c2)n1. The van der Waals surface area contributed by atoms with Crippen LogP contribution in [0.5, 0.6) is 5.75 Å². The molecule has 0 bridgehead atoms. The third kappa shape index (κ3) is 7.22. The number of nitrogens with zero attached hydrogens (tertiary/aromatic N) is 4. The van der Waals surface area contributed by atoms with Crippen LogP contribution in [0.3, 0.4) is 0 Å². The molecule has 10 heteroatoms. The van der Waals surface area contributed by atoms with Crippen molar-refractivity contribution in [3.05, 3.63) is 22.7 Å². The fourth-order valence-corrected chi connectivity index (χ4v) is 6.03. The van der Waals surface area contributed by atoms with Crippen molar-refractivity contribution in [3.63, 3.8) is 0 Å². The first kappa shape index (κ1) is 26.5. The van der Waals surface area contributed by atoms with E-state index in [2.05, 4.69) is 60.3 Å². The topological polar surface area (TPSA) is 87.2 Å². The van der Waals surface area contributed by atoms with E-state index in [-0.39, 0.29) is 0 Å². The molecule has 35 heavy (non-hydrogen) atoms. The van der Waals surface area contributed by atoms with E-state index in [4.69, 9.17) is 21.3 Å². The van der Waals surface area contributed by atoms with Gasteiger partial charge < -0.3 is 20.7 Å². The number of alkyl halides is 1. The number of halogens is 2. The predicted molar refractivity (Wildman–Crippen MR) is 153 cm³/mol. The lowest BCUT2D eigenvalue weighted by atomic mass is 9.89. The summed E-state index contributed by atoms with van der Waals surface area (Å²) in [5.41, 5.74) is 1.85. The second-order valence-corrected chi connectivity index (χ2v) is 10.6. The number of rotatable bonds is 11. The van der Waals surface area contributed by atoms with E-state index in [1.165, 1.54) is 51.5 Å². The lowest BCUT2D eigenvalue weighted by Crippen LogP contribution is -2.35. The summed E-state index contributed by atoms with van der Waals surface area (Å²) in [4.78, 5) is 16.6. The van der Waals surface area contributed by atoms with Crippen molar-refractivity contribution in [2.24, 2.45) is 5.92 Å². The second kappa shape index (κ2) is 13.1. The smallest absolute Gasteiger partial charge is 0.233 e. The number of likely N-dealkylation sites (tertiary alicyclic amines) is 1. The number of likely N-dealkylation sites (N-methyl/N-ethyl adjacent to an activating group) is 1. The molecule has 8 nitrogen and oxygen atoms in total. The zero-order valence-electron chi connectivity index (χ0n) is 20.7. The molecule has 2 fully saturated rings. The average molecular weight is 614 g/mol. The largest absolute Gasteiger partial charge is 0.495 e. The fraction of sp³-hybridized carbons (Fsp3) is 0.640. The van der Waals surface area contributed by atoms with E-state index in [0.717, 1.165) is 35.3 Å². The van der Waals surface area contributed by atoms with Crippen LogP contribution in [0.4, 0.5) is 23.5 Å². The van der Waals surface area contributed by atoms with E-state index in [1.54, 1.807) is 7.11 Å². The van der Waals surface area contributed by atoms with E-state index < -0.39 is 0 Å². The van der Waals surface area contributed by atoms with Crippen molar-refractivity contribution in [1.82, 2.24) is 19.9 Å². The van der Waals surface area contributed by atoms with Crippen LogP contribution in [-0.4, -0.2) is 59.2 Å². The van der Waals surface area contributed by atoms with Gasteiger partial charge in [-0.15, -0.1) is 0 Å². The molecule has 1 aliphatic carbocycles. The zero-order valence-corrected chi connectivity index (χ0v) is 23.7. The lowest BCUT2D eigenvalue weighted by Gasteiger charge is -2.23. The number of hydrogen-bond acceptors (Lipinski definition) is 8. The number of anilines is 4. The maximum Gasteiger partial charge on any atom is 0.233 e. The Morgan fingerprint density at radius 2 is 1.71 bits per heavy atom. The minimum Gasteiger partial charge on any atom is -0.495 e. The summed E-state index contributed by atoms with van der Waals surface area (Å²) < 4.78 is 6.25. The van der Waals surface area contributed by atoms with Crippen molar-refractivity contribution in [3.8, 4) is 5.75 Å². The Hall–Kier alpha value is -1.59. The van der Waals surface area contributed by atoms with Crippen LogP contribution in [0.25, 0.3) is 0 Å². The summed E-state index contributed by atoms with van der Waals surface area (Å²) in [5, 5.41) is 10.9. The molecule has 0 amide bonds. The van der Waals surface area contributed by atoms with Gasteiger partial charge in [0.15, 0.2) is 0 Å². The van der Waals surface area contributed by atoms with E-state index in [9.17, 15) is 0 Å². The molecule has 1 atom stereocenters. The van der Waals surface area contributed by atoms with Gasteiger partial charge in [0.25, 0.3) is 0 Å². The highest BCUT2D eigenvalue weighted by Gasteiger charge is 2.23. The van der Waals surface area contributed by atoms with Crippen LogP contribution in [0.2, 0.25) is 5.02 Å². The highest BCUT2D eigenvalue weighted by atomic mass is 127. The Bertz CT molecular complexity index is 973. The van der Waals surface area contributed by atoms with Gasteiger partial charge in [-0.05, 0) is 56.8 Å². The predicted octanol–water partition coefficient (Wildman–Crippen LogP) is 6.10. The van der Waals surface area contributed by atoms with Gasteiger partial charge in [0.2, 0.25) is 17.8 Å². The molecule has 2 heterocycles. The molecule has 1 aromatic carbocycles. The first-order valence-corrected chi connectivity index (χ1v) is 14.7. The van der Waals surface area contributed by atoms with Crippen LogP contribution in [0.1, 0.15) is 57.4 Å². The van der Waals surface area contributed by atoms with Gasteiger partial charge >= 0.3 is 0 Å². The molecule has 1 saturated heterocycles. The number of ether oxygens (including phenoxy) is 1. The van der Waals surface area contributed by atoms with E-state index in [1.807, 2.05) is 12.1 Å². The Morgan fingerprint density at radius 1 is 1.00 bits per heavy atom. The number of hydrogen-bond donors (Lipinski definition) is 3. The Morgan fingerprint density at radius 3 is 2.40 bits per heavy atom. The molecule has 0 radical (unpaired) electrons. The minimum atomic E-state index is 0.494. The summed E-state index contributed by atoms with van der Waals surface area (Å²) in [6.07, 6.45) is 8.97. The third-order valence-electron chi connectivity index (χ3n) is 7.03. The summed E-state index contributed by atoms with van der Waals surface area (Å²) >= 11 is 8.79. The molecule has 192 valence electrons. The molecule has 2 aliphatic rings. The summed E-state index contributed by atoms with van der Waals surface area (Å²) in [6.45, 7) is 6.18. The van der Waals surface area contributed by atoms with Gasteiger partial charge in [-0.3, -0.25) is 4.90 Å². The highest BCUT2D eigenvalue weighted by Crippen LogP contribution is 2.34. The van der Waals surface area contributed by atoms with Crippen molar-refractivity contribution >= 4 is 57.7 Å². The van der Waals surface area contributed by atoms with Gasteiger partial charge in [0, 0.05) is 34.8 Å². The maximum atomic E-state index is 6.48. The molecule has 0 spiro atoms. The molecule has 3 N–H and O–H groups in total. The Kier molecular flexibility index (Phi) is 9.91. The van der Waals surface area contributed by atoms with Gasteiger partial charge in [0.1, 0.15) is 5.75 Å². The number of benzene rings is 1. The molecule has 1 aromatic heterocycles. The van der Waals surface area contributed by atoms with Crippen LogP contribution < -0.4 is 20.7 Å². The Balaban J connectivity index is 1.52. The summed E-state index contributed by atoms with van der Waals surface area (Å²) in [5.74, 6) is 3.06. The molecule has 4 rings (SSSR count). The van der Waals surface area contributed by atoms with Gasteiger partial charge in [-0.2, -0.15) is 15.0 Å². The lowest BCUT2D eigenvalue weighted by molar-refractivity contribution is 0.277. The van der Waals surface area contributed by atoms with E-state index in [0.29, 0.717) is 40.6 Å². The molecule has 1 saturated carbocycles. The number of nitrogens with one attached hydrogen (secondary N) is 3. The molecular formula is C25H37ClIN7O.